The molecule has 1 aromatic carbocycles. The lowest BCUT2D eigenvalue weighted by Gasteiger charge is -2.06. The first-order chi connectivity index (χ1) is 7.34. The van der Waals surface area contributed by atoms with Gasteiger partial charge in [0.2, 0.25) is 0 Å². The van der Waals surface area contributed by atoms with Gasteiger partial charge >= 0.3 is 5.69 Å². The van der Waals surface area contributed by atoms with Crippen LogP contribution in [0.15, 0.2) is 20.0 Å². The van der Waals surface area contributed by atoms with Gasteiger partial charge in [-0.25, -0.2) is 0 Å². The summed E-state index contributed by atoms with van der Waals surface area (Å²) in [5.41, 5.74) is 1.16. The summed E-state index contributed by atoms with van der Waals surface area (Å²) in [4.78, 5) is 14.5. The highest BCUT2D eigenvalue weighted by Crippen LogP contribution is 2.42. The first-order valence-electron chi connectivity index (χ1n) is 4.28. The van der Waals surface area contributed by atoms with Gasteiger partial charge in [-0.1, -0.05) is 0 Å². The molecule has 0 spiro atoms. The second-order valence-electron chi connectivity index (χ2n) is 3.20. The summed E-state index contributed by atoms with van der Waals surface area (Å²) in [6, 6.07) is 1.75. The highest BCUT2D eigenvalue weighted by molar-refractivity contribution is 9.13. The standard InChI is InChI=1S/C9H7BBr2N2O2/c1-4-3-6(11)7(12)9(14(15)16)8(4)13-5(2)10/h3H,1-2H3. The van der Waals surface area contributed by atoms with Gasteiger partial charge in [-0.15, -0.1) is 0 Å². The van der Waals surface area contributed by atoms with Crippen LogP contribution in [-0.2, 0) is 0 Å². The van der Waals surface area contributed by atoms with Gasteiger partial charge in [-0.05, 0) is 62.9 Å². The fraction of sp³-hybridized carbons (Fsp3) is 0.222. The fourth-order valence-electron chi connectivity index (χ4n) is 1.21. The van der Waals surface area contributed by atoms with Crippen molar-refractivity contribution in [3.05, 3.63) is 30.7 Å². The molecular formula is C9H7BBr2N2O2. The third-order valence-electron chi connectivity index (χ3n) is 1.83. The second kappa shape index (κ2) is 5.10. The summed E-state index contributed by atoms with van der Waals surface area (Å²) in [6.07, 6.45) is 0. The minimum absolute atomic E-state index is 0.0864. The van der Waals surface area contributed by atoms with Gasteiger partial charge in [0, 0.05) is 4.47 Å². The zero-order valence-corrected chi connectivity index (χ0v) is 11.8. The molecule has 7 heteroatoms. The fourth-order valence-corrected chi connectivity index (χ4v) is 2.19. The lowest BCUT2D eigenvalue weighted by Crippen LogP contribution is -1.95. The quantitative estimate of drug-likeness (QED) is 0.355. The average molecular weight is 346 g/mol. The Bertz CT molecular complexity index is 485. The van der Waals surface area contributed by atoms with E-state index in [1.165, 1.54) is 0 Å². The molecule has 0 unspecified atom stereocenters. The highest BCUT2D eigenvalue weighted by atomic mass is 79.9. The van der Waals surface area contributed by atoms with Gasteiger partial charge in [0.1, 0.15) is 18.0 Å². The predicted octanol–water partition coefficient (Wildman–Crippen LogP) is 3.65. The first-order valence-corrected chi connectivity index (χ1v) is 5.87. The van der Waals surface area contributed by atoms with Crippen molar-refractivity contribution in [2.24, 2.45) is 4.99 Å². The zero-order valence-electron chi connectivity index (χ0n) is 8.62. The SMILES string of the molecule is [B]C(C)=Nc1c(C)cc(Br)c(Br)c1[N+](=O)[O-]. The minimum Gasteiger partial charge on any atom is -0.262 e. The average Bonchev–Trinajstić information content (AvgIpc) is 2.13. The van der Waals surface area contributed by atoms with Crippen LogP contribution in [0, 0.1) is 17.0 Å². The van der Waals surface area contributed by atoms with Crippen LogP contribution in [0.1, 0.15) is 12.5 Å². The molecule has 82 valence electrons. The summed E-state index contributed by atoms with van der Waals surface area (Å²) in [6.45, 7) is 3.32. The van der Waals surface area contributed by atoms with Crippen molar-refractivity contribution in [1.29, 1.82) is 0 Å². The van der Waals surface area contributed by atoms with Crippen molar-refractivity contribution in [2.45, 2.75) is 13.8 Å². The summed E-state index contributed by atoms with van der Waals surface area (Å²) in [7, 11) is 5.45. The van der Waals surface area contributed by atoms with Gasteiger partial charge < -0.3 is 0 Å². The van der Waals surface area contributed by atoms with E-state index in [1.54, 1.807) is 19.9 Å². The summed E-state index contributed by atoms with van der Waals surface area (Å²) < 4.78 is 0.980. The highest BCUT2D eigenvalue weighted by Gasteiger charge is 2.22. The molecule has 0 saturated carbocycles. The number of benzene rings is 1. The molecule has 1 rings (SSSR count). The lowest BCUT2D eigenvalue weighted by atomic mass is 10.0. The Labute approximate surface area is 111 Å². The number of nitrogens with zero attached hydrogens (tertiary/aromatic N) is 2. The molecule has 0 aromatic heterocycles. The number of hydrogen-bond donors (Lipinski definition) is 0. The van der Waals surface area contributed by atoms with Crippen molar-refractivity contribution in [3.63, 3.8) is 0 Å². The van der Waals surface area contributed by atoms with Crippen LogP contribution < -0.4 is 0 Å². The van der Waals surface area contributed by atoms with Crippen LogP contribution in [0.2, 0.25) is 0 Å². The van der Waals surface area contributed by atoms with Crippen LogP contribution in [0.25, 0.3) is 0 Å². The number of aryl methyl sites for hydroxylation is 1. The molecule has 0 fully saturated rings. The Kier molecular flexibility index (Phi) is 4.26. The Balaban J connectivity index is 3.64. The molecule has 16 heavy (non-hydrogen) atoms. The maximum atomic E-state index is 11.0. The molecule has 0 atom stereocenters. The Morgan fingerprint density at radius 2 is 2.12 bits per heavy atom. The zero-order chi connectivity index (χ0) is 12.5. The van der Waals surface area contributed by atoms with E-state index in [0.29, 0.717) is 14.5 Å². The number of halogens is 2. The Hall–Kier alpha value is -0.685. The second-order valence-corrected chi connectivity index (χ2v) is 4.84. The van der Waals surface area contributed by atoms with Crippen LogP contribution in [0.5, 0.6) is 0 Å². The molecule has 0 saturated heterocycles. The van der Waals surface area contributed by atoms with Crippen LogP contribution >= 0.6 is 31.9 Å². The largest absolute Gasteiger partial charge is 0.310 e. The smallest absolute Gasteiger partial charge is 0.262 e. The number of rotatable bonds is 2. The number of aliphatic imine (C=N–C) groups is 1. The topological polar surface area (TPSA) is 55.5 Å². The van der Waals surface area contributed by atoms with Crippen molar-refractivity contribution in [3.8, 4) is 0 Å². The molecule has 0 aliphatic rings. The van der Waals surface area contributed by atoms with Gasteiger partial charge in [-0.2, -0.15) is 0 Å². The molecule has 0 amide bonds. The first kappa shape index (κ1) is 13.4. The molecule has 0 aliphatic heterocycles. The van der Waals surface area contributed by atoms with E-state index in [2.05, 4.69) is 36.9 Å². The van der Waals surface area contributed by atoms with E-state index >= 15 is 0 Å². The van der Waals surface area contributed by atoms with Gasteiger partial charge in [-0.3, -0.25) is 15.1 Å². The van der Waals surface area contributed by atoms with Crippen molar-refractivity contribution in [2.75, 3.05) is 0 Å². The van der Waals surface area contributed by atoms with E-state index in [0.717, 1.165) is 0 Å². The minimum atomic E-state index is -0.483. The molecule has 0 heterocycles. The maximum absolute atomic E-state index is 11.0. The molecule has 0 N–H and O–H groups in total. The predicted molar refractivity (Wildman–Crippen MR) is 71.8 cm³/mol. The van der Waals surface area contributed by atoms with E-state index < -0.39 is 4.92 Å². The van der Waals surface area contributed by atoms with Crippen molar-refractivity contribution < 1.29 is 4.92 Å². The molecule has 2 radical (unpaired) electrons. The van der Waals surface area contributed by atoms with Gasteiger partial charge in [0.05, 0.1) is 4.92 Å². The van der Waals surface area contributed by atoms with Crippen molar-refractivity contribution in [1.82, 2.24) is 0 Å². The van der Waals surface area contributed by atoms with E-state index in [4.69, 9.17) is 7.85 Å². The van der Waals surface area contributed by atoms with E-state index in [-0.39, 0.29) is 17.0 Å². The molecule has 1 aromatic rings. The third-order valence-corrected chi connectivity index (χ3v) is 3.79. The van der Waals surface area contributed by atoms with Crippen molar-refractivity contribution >= 4 is 56.7 Å². The van der Waals surface area contributed by atoms with Gasteiger partial charge in [0.25, 0.3) is 0 Å². The third kappa shape index (κ3) is 2.71. The van der Waals surface area contributed by atoms with E-state index in [1.807, 2.05) is 0 Å². The molecule has 0 bridgehead atoms. The van der Waals surface area contributed by atoms with E-state index in [9.17, 15) is 10.1 Å². The van der Waals surface area contributed by atoms with Gasteiger partial charge in [0.15, 0.2) is 0 Å². The molecular weight excluding hydrogens is 339 g/mol. The van der Waals surface area contributed by atoms with Crippen LogP contribution in [0.3, 0.4) is 0 Å². The molecule has 4 nitrogen and oxygen atoms in total. The lowest BCUT2D eigenvalue weighted by molar-refractivity contribution is -0.384. The number of nitro benzene ring substituents is 1. The summed E-state index contributed by atoms with van der Waals surface area (Å²) >= 11 is 6.39. The monoisotopic (exact) mass is 344 g/mol. The number of hydrogen-bond acceptors (Lipinski definition) is 3. The maximum Gasteiger partial charge on any atom is 0.310 e. The Morgan fingerprint density at radius 1 is 1.56 bits per heavy atom. The van der Waals surface area contributed by atoms with Crippen LogP contribution in [0.4, 0.5) is 11.4 Å². The summed E-state index contributed by atoms with van der Waals surface area (Å²) in [5.74, 6) is 0. The summed E-state index contributed by atoms with van der Waals surface area (Å²) in [5, 5.41) is 11.0. The Morgan fingerprint density at radius 3 is 2.56 bits per heavy atom. The normalized spacial score (nSPS) is 11.6. The number of nitro groups is 1. The van der Waals surface area contributed by atoms with Crippen LogP contribution in [-0.4, -0.2) is 18.4 Å². The molecule has 0 aliphatic carbocycles.